The maximum absolute atomic E-state index is 12.8. The minimum atomic E-state index is -4.78. The number of amidine groups is 1. The Labute approximate surface area is 272 Å². The molecule has 1 unspecified atom stereocenters. The number of aromatic nitrogens is 3. The van der Waals surface area contributed by atoms with Gasteiger partial charge in [-0.05, 0) is 59.5 Å². The van der Waals surface area contributed by atoms with Crippen LogP contribution in [0.4, 0.5) is 23.7 Å². The molecule has 11 nitrogen and oxygen atoms in total. The molecule has 0 aliphatic carbocycles. The van der Waals surface area contributed by atoms with Crippen LogP contribution in [0.25, 0.3) is 17.1 Å². The van der Waals surface area contributed by atoms with E-state index in [1.807, 2.05) is 19.9 Å². The number of carbonyl (C=O) groups excluding carboxylic acids is 2. The van der Waals surface area contributed by atoms with Crippen LogP contribution in [-0.4, -0.2) is 57.6 Å². The average molecular weight is 664 g/mol. The van der Waals surface area contributed by atoms with Gasteiger partial charge >= 0.3 is 12.4 Å². The summed E-state index contributed by atoms with van der Waals surface area (Å²) in [5, 5.41) is 17.1. The van der Waals surface area contributed by atoms with Gasteiger partial charge in [-0.1, -0.05) is 49.9 Å². The first-order chi connectivity index (χ1) is 22.5. The number of anilines is 1. The maximum atomic E-state index is 12.8. The van der Waals surface area contributed by atoms with Crippen molar-refractivity contribution in [3.63, 3.8) is 0 Å². The first-order valence-corrected chi connectivity index (χ1v) is 15.2. The van der Waals surface area contributed by atoms with Crippen LogP contribution in [0.5, 0.6) is 11.5 Å². The molecule has 1 aromatic heterocycles. The number of thioether (sulfide) groups is 1. The lowest BCUT2D eigenvalue weighted by atomic mass is 9.99. The van der Waals surface area contributed by atoms with Crippen LogP contribution in [0.2, 0.25) is 0 Å². The second-order valence-electron chi connectivity index (χ2n) is 10.5. The number of nitrogens with one attached hydrogen (secondary N) is 1. The molecule has 4 aromatic rings. The number of nitrogens with zero attached hydrogens (tertiary/aromatic N) is 6. The number of nitriles is 1. The number of rotatable bonds is 9. The van der Waals surface area contributed by atoms with Crippen molar-refractivity contribution in [2.75, 3.05) is 24.3 Å². The largest absolute Gasteiger partial charge is 0.573 e. The van der Waals surface area contributed by atoms with Crippen molar-refractivity contribution in [3.8, 4) is 34.6 Å². The molecule has 0 radical (unpaired) electrons. The van der Waals surface area contributed by atoms with Gasteiger partial charge < -0.3 is 14.8 Å². The third-order valence-electron chi connectivity index (χ3n) is 7.07. The van der Waals surface area contributed by atoms with Gasteiger partial charge in [0.25, 0.3) is 0 Å². The van der Waals surface area contributed by atoms with Crippen molar-refractivity contribution in [3.05, 3.63) is 84.2 Å². The Balaban J connectivity index is 1.23. The molecule has 0 bridgehead atoms. The smallest absolute Gasteiger partial charge is 0.497 e. The zero-order chi connectivity index (χ0) is 33.7. The second kappa shape index (κ2) is 14.0. The van der Waals surface area contributed by atoms with Crippen molar-refractivity contribution in [2.24, 2.45) is 4.99 Å². The number of ether oxygens (including phenoxy) is 2. The van der Waals surface area contributed by atoms with Gasteiger partial charge in [-0.25, -0.2) is 14.5 Å². The fraction of sp³-hybridized carbons (Fsp3) is 0.250. The van der Waals surface area contributed by atoms with E-state index in [2.05, 4.69) is 31.2 Å². The van der Waals surface area contributed by atoms with Gasteiger partial charge in [-0.3, -0.25) is 9.69 Å². The number of urea groups is 1. The number of aliphatic imine (C=N–C) groups is 1. The molecule has 1 N–H and O–H groups in total. The number of carbonyl (C=O) groups is 2. The highest BCUT2D eigenvalue weighted by Crippen LogP contribution is 2.35. The van der Waals surface area contributed by atoms with E-state index in [1.165, 1.54) is 40.2 Å². The zero-order valence-electron chi connectivity index (χ0n) is 25.4. The standard InChI is InChI=1S/C32H28F3N7O4S/c1-19(2)26-14-25(45-3)12-13-27(26)42-28(43)17-47-31(42)39-30(44)37-16-22(15-36)20-4-6-21(7-5-20)29-38-18-41(40-29)23-8-10-24(11-9-23)46-32(33,34)35/h4-14,18-19,22H,16-17H2,1-3H3,(H,37,44). The monoisotopic (exact) mass is 663 g/mol. The van der Waals surface area contributed by atoms with E-state index in [0.717, 1.165) is 17.3 Å². The SMILES string of the molecule is COc1ccc(N2C(=O)CSC2=NC(=O)NCC(C#N)c2ccc(-c3ncn(-c4ccc(OC(F)(F)F)cc4)n3)cc2)c(C(C)C)c1. The van der Waals surface area contributed by atoms with E-state index in [0.29, 0.717) is 34.1 Å². The molecule has 5 rings (SSSR count). The average Bonchev–Trinajstić information content (AvgIpc) is 3.68. The molecular weight excluding hydrogens is 635 g/mol. The molecule has 1 saturated heterocycles. The number of amides is 3. The Hall–Kier alpha value is -5.36. The van der Waals surface area contributed by atoms with E-state index in [9.17, 15) is 28.0 Å². The molecule has 2 heterocycles. The molecule has 1 atom stereocenters. The molecule has 15 heteroatoms. The normalized spacial score (nSPS) is 14.7. The molecule has 1 fully saturated rings. The summed E-state index contributed by atoms with van der Waals surface area (Å²) in [6.45, 7) is 3.97. The maximum Gasteiger partial charge on any atom is 0.573 e. The zero-order valence-corrected chi connectivity index (χ0v) is 26.2. The third kappa shape index (κ3) is 7.90. The Morgan fingerprint density at radius 1 is 1.11 bits per heavy atom. The molecule has 0 spiro atoms. The summed E-state index contributed by atoms with van der Waals surface area (Å²) in [5.74, 6) is -0.0201. The summed E-state index contributed by atoms with van der Waals surface area (Å²) in [5.41, 5.74) is 3.25. The van der Waals surface area contributed by atoms with Gasteiger partial charge in [-0.15, -0.1) is 18.3 Å². The van der Waals surface area contributed by atoms with Crippen molar-refractivity contribution < 1.29 is 32.2 Å². The Morgan fingerprint density at radius 2 is 1.81 bits per heavy atom. The minimum Gasteiger partial charge on any atom is -0.497 e. The molecule has 0 saturated carbocycles. The van der Waals surface area contributed by atoms with Crippen molar-refractivity contribution in [1.82, 2.24) is 20.1 Å². The van der Waals surface area contributed by atoms with E-state index in [4.69, 9.17) is 4.74 Å². The number of alkyl halides is 3. The Bertz CT molecular complexity index is 1840. The van der Waals surface area contributed by atoms with E-state index in [-0.39, 0.29) is 35.0 Å². The van der Waals surface area contributed by atoms with Gasteiger partial charge in [0.05, 0.1) is 36.2 Å². The van der Waals surface area contributed by atoms with E-state index < -0.39 is 18.3 Å². The third-order valence-corrected chi connectivity index (χ3v) is 7.99. The lowest BCUT2D eigenvalue weighted by Gasteiger charge is -2.22. The number of halogens is 3. The molecule has 242 valence electrons. The van der Waals surface area contributed by atoms with Crippen LogP contribution in [-0.2, 0) is 4.79 Å². The van der Waals surface area contributed by atoms with Crippen LogP contribution in [0.3, 0.4) is 0 Å². The Morgan fingerprint density at radius 3 is 2.45 bits per heavy atom. The number of hydrogen-bond acceptors (Lipinski definition) is 8. The van der Waals surface area contributed by atoms with Gasteiger partial charge in [-0.2, -0.15) is 10.3 Å². The van der Waals surface area contributed by atoms with Crippen LogP contribution in [0, 0.1) is 11.3 Å². The van der Waals surface area contributed by atoms with Gasteiger partial charge in [0.2, 0.25) is 5.91 Å². The van der Waals surface area contributed by atoms with Gasteiger partial charge in [0.15, 0.2) is 11.0 Å². The summed E-state index contributed by atoms with van der Waals surface area (Å²) >= 11 is 1.16. The summed E-state index contributed by atoms with van der Waals surface area (Å²) in [6.07, 6.45) is -3.36. The van der Waals surface area contributed by atoms with Crippen LogP contribution < -0.4 is 19.7 Å². The molecule has 3 amide bonds. The van der Waals surface area contributed by atoms with Crippen molar-refractivity contribution in [1.29, 1.82) is 5.26 Å². The van der Waals surface area contributed by atoms with Crippen LogP contribution in [0.15, 0.2) is 78.0 Å². The van der Waals surface area contributed by atoms with Gasteiger partial charge in [0, 0.05) is 12.1 Å². The highest BCUT2D eigenvalue weighted by atomic mass is 32.2. The summed E-state index contributed by atoms with van der Waals surface area (Å²) in [7, 11) is 1.57. The fourth-order valence-corrected chi connectivity index (χ4v) is 5.60. The lowest BCUT2D eigenvalue weighted by Crippen LogP contribution is -2.33. The summed E-state index contributed by atoms with van der Waals surface area (Å²) in [6, 6.07) is 19.0. The second-order valence-corrected chi connectivity index (χ2v) is 11.5. The topological polar surface area (TPSA) is 135 Å². The van der Waals surface area contributed by atoms with Crippen LogP contribution >= 0.6 is 11.8 Å². The molecular formula is C32H28F3N7O4S. The predicted molar refractivity (Wildman–Crippen MR) is 170 cm³/mol. The highest BCUT2D eigenvalue weighted by Gasteiger charge is 2.33. The molecule has 1 aliphatic rings. The van der Waals surface area contributed by atoms with Crippen LogP contribution in [0.1, 0.15) is 36.8 Å². The quantitative estimate of drug-likeness (QED) is 0.217. The number of hydrogen-bond donors (Lipinski definition) is 1. The number of methoxy groups -OCH3 is 1. The van der Waals surface area contributed by atoms with Crippen molar-refractivity contribution in [2.45, 2.75) is 32.0 Å². The van der Waals surface area contributed by atoms with E-state index >= 15 is 0 Å². The van der Waals surface area contributed by atoms with E-state index in [1.54, 1.807) is 43.5 Å². The number of benzene rings is 3. The van der Waals surface area contributed by atoms with Crippen molar-refractivity contribution >= 4 is 34.6 Å². The molecule has 1 aliphatic heterocycles. The van der Waals surface area contributed by atoms with Gasteiger partial charge in [0.1, 0.15) is 17.8 Å². The highest BCUT2D eigenvalue weighted by molar-refractivity contribution is 8.15. The summed E-state index contributed by atoms with van der Waals surface area (Å²) < 4.78 is 47.9. The first kappa shape index (κ1) is 33.0. The Kier molecular flexibility index (Phi) is 9.80. The fourth-order valence-electron chi connectivity index (χ4n) is 4.75. The first-order valence-electron chi connectivity index (χ1n) is 14.2. The predicted octanol–water partition coefficient (Wildman–Crippen LogP) is 6.42. The summed E-state index contributed by atoms with van der Waals surface area (Å²) in [4.78, 5) is 35.5. The minimum absolute atomic E-state index is 0.0230. The molecule has 3 aromatic carbocycles. The lowest BCUT2D eigenvalue weighted by molar-refractivity contribution is -0.274. The molecule has 47 heavy (non-hydrogen) atoms.